The molecular weight excluding hydrogens is 330 g/mol. The van der Waals surface area contributed by atoms with Gasteiger partial charge in [0.15, 0.2) is 11.0 Å². The second kappa shape index (κ2) is 7.39. The summed E-state index contributed by atoms with van der Waals surface area (Å²) in [4.78, 5) is 8.12. The average molecular weight is 344 g/mol. The molecule has 0 radical (unpaired) electrons. The second-order valence-electron chi connectivity index (χ2n) is 4.72. The molecule has 3 aromatic heterocycles. The van der Waals surface area contributed by atoms with Gasteiger partial charge in [-0.3, -0.25) is 9.55 Å². The van der Waals surface area contributed by atoms with Crippen molar-refractivity contribution in [2.24, 2.45) is 0 Å². The van der Waals surface area contributed by atoms with Gasteiger partial charge in [0.05, 0.1) is 0 Å². The summed E-state index contributed by atoms with van der Waals surface area (Å²) in [6.07, 6.45) is 7.10. The second-order valence-corrected chi connectivity index (χ2v) is 6.05. The molecule has 0 N–H and O–H groups in total. The van der Waals surface area contributed by atoms with Crippen LogP contribution in [0.15, 0.2) is 60.7 Å². The highest BCUT2D eigenvalue weighted by atomic mass is 35.5. The van der Waals surface area contributed by atoms with E-state index in [1.165, 1.54) is 0 Å². The molecule has 3 aromatic rings. The Bertz CT molecular complexity index is 786. The largest absolute Gasteiger partial charge is 0.298 e. The first-order valence-electron chi connectivity index (χ1n) is 6.95. The Morgan fingerprint density at radius 2 is 2.00 bits per heavy atom. The topological polar surface area (TPSA) is 56.5 Å². The summed E-state index contributed by atoms with van der Waals surface area (Å²) in [6.45, 7) is 4.46. The van der Waals surface area contributed by atoms with E-state index < -0.39 is 0 Å². The molecule has 0 atom stereocenters. The third-order valence-corrected chi connectivity index (χ3v) is 4.39. The number of thioether (sulfide) groups is 1. The maximum Gasteiger partial charge on any atom is 0.192 e. The molecule has 0 aliphatic rings. The molecule has 3 rings (SSSR count). The Kier molecular flexibility index (Phi) is 5.05. The fourth-order valence-electron chi connectivity index (χ4n) is 2.04. The lowest BCUT2D eigenvalue weighted by Crippen LogP contribution is -2.00. The molecule has 0 unspecified atom stereocenters. The lowest BCUT2D eigenvalue weighted by atomic mass is 10.2. The van der Waals surface area contributed by atoms with Gasteiger partial charge in [0.1, 0.15) is 5.15 Å². The Morgan fingerprint density at radius 3 is 2.70 bits per heavy atom. The predicted molar refractivity (Wildman–Crippen MR) is 92.3 cm³/mol. The Labute approximate surface area is 143 Å². The zero-order chi connectivity index (χ0) is 16.1. The van der Waals surface area contributed by atoms with Crippen molar-refractivity contribution in [3.8, 4) is 11.4 Å². The van der Waals surface area contributed by atoms with Crippen LogP contribution in [-0.2, 0) is 12.3 Å². The van der Waals surface area contributed by atoms with Crippen LogP contribution in [0.2, 0.25) is 5.15 Å². The summed E-state index contributed by atoms with van der Waals surface area (Å²) in [7, 11) is 0. The van der Waals surface area contributed by atoms with E-state index >= 15 is 0 Å². The number of nitrogens with zero attached hydrogens (tertiary/aromatic N) is 5. The molecule has 116 valence electrons. The third kappa shape index (κ3) is 3.78. The monoisotopic (exact) mass is 343 g/mol. The van der Waals surface area contributed by atoms with E-state index in [9.17, 15) is 0 Å². The molecule has 3 heterocycles. The van der Waals surface area contributed by atoms with Gasteiger partial charge < -0.3 is 0 Å². The van der Waals surface area contributed by atoms with Crippen LogP contribution in [0.3, 0.4) is 0 Å². The standard InChI is InChI=1S/C16H14ClN5S/c1-2-9-22-15(13-5-7-18-8-6-13)20-21-16(22)23-11-12-3-4-14(17)19-10-12/h2-8,10H,1,9,11H2. The predicted octanol–water partition coefficient (Wildman–Crippen LogP) is 3.87. The van der Waals surface area contributed by atoms with Crippen LogP contribution in [0.25, 0.3) is 11.4 Å². The van der Waals surface area contributed by atoms with Gasteiger partial charge in [-0.1, -0.05) is 35.5 Å². The maximum absolute atomic E-state index is 5.81. The van der Waals surface area contributed by atoms with Crippen LogP contribution < -0.4 is 0 Å². The highest BCUT2D eigenvalue weighted by Crippen LogP contribution is 2.26. The van der Waals surface area contributed by atoms with Crippen molar-refractivity contribution in [3.05, 3.63) is 66.2 Å². The molecule has 0 saturated carbocycles. The molecular formula is C16H14ClN5S. The quantitative estimate of drug-likeness (QED) is 0.386. The van der Waals surface area contributed by atoms with Gasteiger partial charge in [-0.25, -0.2) is 4.98 Å². The van der Waals surface area contributed by atoms with Crippen LogP contribution in [0.4, 0.5) is 0 Å². The molecule has 23 heavy (non-hydrogen) atoms. The number of rotatable bonds is 6. The van der Waals surface area contributed by atoms with Crippen molar-refractivity contribution in [2.45, 2.75) is 17.5 Å². The summed E-state index contributed by atoms with van der Waals surface area (Å²) in [6, 6.07) is 7.58. The van der Waals surface area contributed by atoms with Crippen molar-refractivity contribution < 1.29 is 0 Å². The van der Waals surface area contributed by atoms with Crippen LogP contribution in [0.5, 0.6) is 0 Å². The molecule has 5 nitrogen and oxygen atoms in total. The number of halogens is 1. The van der Waals surface area contributed by atoms with E-state index in [4.69, 9.17) is 11.6 Å². The number of pyridine rings is 2. The van der Waals surface area contributed by atoms with Gasteiger partial charge in [-0.2, -0.15) is 0 Å². The minimum atomic E-state index is 0.494. The highest BCUT2D eigenvalue weighted by Gasteiger charge is 2.13. The molecule has 0 bridgehead atoms. The van der Waals surface area contributed by atoms with Gasteiger partial charge in [-0.05, 0) is 23.8 Å². The smallest absolute Gasteiger partial charge is 0.192 e. The summed E-state index contributed by atoms with van der Waals surface area (Å²) >= 11 is 7.41. The van der Waals surface area contributed by atoms with Crippen LogP contribution in [0, 0.1) is 0 Å². The SMILES string of the molecule is C=CCn1c(SCc2ccc(Cl)nc2)nnc1-c1ccncc1. The van der Waals surface area contributed by atoms with E-state index in [0.29, 0.717) is 11.7 Å². The summed E-state index contributed by atoms with van der Waals surface area (Å²) in [5.41, 5.74) is 2.06. The lowest BCUT2D eigenvalue weighted by molar-refractivity contribution is 0.731. The normalized spacial score (nSPS) is 10.7. The first-order chi connectivity index (χ1) is 11.3. The molecule has 0 fully saturated rings. The molecule has 0 amide bonds. The number of allylic oxidation sites excluding steroid dienone is 1. The third-order valence-electron chi connectivity index (χ3n) is 3.12. The Morgan fingerprint density at radius 1 is 1.17 bits per heavy atom. The van der Waals surface area contributed by atoms with E-state index in [1.54, 1.807) is 36.4 Å². The first kappa shape index (κ1) is 15.7. The Balaban J connectivity index is 1.83. The van der Waals surface area contributed by atoms with E-state index in [1.807, 2.05) is 28.8 Å². The minimum absolute atomic E-state index is 0.494. The molecule has 7 heteroatoms. The van der Waals surface area contributed by atoms with Gasteiger partial charge in [0, 0.05) is 36.5 Å². The minimum Gasteiger partial charge on any atom is -0.298 e. The number of hydrogen-bond acceptors (Lipinski definition) is 5. The van der Waals surface area contributed by atoms with Crippen molar-refractivity contribution in [1.82, 2.24) is 24.7 Å². The van der Waals surface area contributed by atoms with Crippen LogP contribution in [0.1, 0.15) is 5.56 Å². The highest BCUT2D eigenvalue weighted by molar-refractivity contribution is 7.98. The average Bonchev–Trinajstić information content (AvgIpc) is 2.98. The van der Waals surface area contributed by atoms with Crippen LogP contribution >= 0.6 is 23.4 Å². The molecule has 0 aliphatic heterocycles. The summed E-state index contributed by atoms with van der Waals surface area (Å²) < 4.78 is 2.04. The Hall–Kier alpha value is -2.18. The van der Waals surface area contributed by atoms with E-state index in [0.717, 1.165) is 27.9 Å². The van der Waals surface area contributed by atoms with Crippen LogP contribution in [-0.4, -0.2) is 24.7 Å². The first-order valence-corrected chi connectivity index (χ1v) is 8.32. The maximum atomic E-state index is 5.81. The van der Waals surface area contributed by atoms with Gasteiger partial charge in [0.2, 0.25) is 0 Å². The molecule has 0 aromatic carbocycles. The van der Waals surface area contributed by atoms with Crippen molar-refractivity contribution in [2.75, 3.05) is 0 Å². The molecule has 0 saturated heterocycles. The zero-order valence-electron chi connectivity index (χ0n) is 12.3. The van der Waals surface area contributed by atoms with Crippen molar-refractivity contribution in [3.63, 3.8) is 0 Å². The number of aromatic nitrogens is 5. The molecule has 0 spiro atoms. The van der Waals surface area contributed by atoms with Gasteiger partial charge in [-0.15, -0.1) is 16.8 Å². The van der Waals surface area contributed by atoms with E-state index in [2.05, 4.69) is 26.7 Å². The summed E-state index contributed by atoms with van der Waals surface area (Å²) in [5.74, 6) is 1.56. The fourth-order valence-corrected chi connectivity index (χ4v) is 3.04. The van der Waals surface area contributed by atoms with Gasteiger partial charge in [0.25, 0.3) is 0 Å². The fraction of sp³-hybridized carbons (Fsp3) is 0.125. The van der Waals surface area contributed by atoms with E-state index in [-0.39, 0.29) is 0 Å². The zero-order valence-corrected chi connectivity index (χ0v) is 13.8. The molecule has 0 aliphatic carbocycles. The summed E-state index contributed by atoms with van der Waals surface area (Å²) in [5, 5.41) is 9.95. The van der Waals surface area contributed by atoms with Crippen molar-refractivity contribution >= 4 is 23.4 Å². The van der Waals surface area contributed by atoms with Crippen molar-refractivity contribution in [1.29, 1.82) is 0 Å². The lowest BCUT2D eigenvalue weighted by Gasteiger charge is -2.07. The number of hydrogen-bond donors (Lipinski definition) is 0. The van der Waals surface area contributed by atoms with Gasteiger partial charge >= 0.3 is 0 Å².